The summed E-state index contributed by atoms with van der Waals surface area (Å²) in [6.45, 7) is 1.74. The molecule has 2 amide bonds. The maximum atomic E-state index is 12.3. The molecule has 6 nitrogen and oxygen atoms in total. The Morgan fingerprint density at radius 2 is 1.77 bits per heavy atom. The average molecular weight is 407 g/mol. The Morgan fingerprint density at radius 1 is 1.08 bits per heavy atom. The third-order valence-corrected chi connectivity index (χ3v) is 5.26. The minimum atomic E-state index is -0.560. The molecule has 0 radical (unpaired) electrons. The minimum Gasteiger partial charge on any atom is -0.267 e. The summed E-state index contributed by atoms with van der Waals surface area (Å²) in [4.78, 5) is 33.0. The SMILES string of the molecule is Cc1nc(-c2ccccc2)sc1C(=O)NNC(=O)c1cnc(Cl)c(Cl)c1. The van der Waals surface area contributed by atoms with Gasteiger partial charge in [-0.05, 0) is 13.0 Å². The highest BCUT2D eigenvalue weighted by molar-refractivity contribution is 7.17. The van der Waals surface area contributed by atoms with Crippen LogP contribution in [-0.4, -0.2) is 21.8 Å². The number of thiazole rings is 1. The highest BCUT2D eigenvalue weighted by atomic mass is 35.5. The number of hydrogen-bond donors (Lipinski definition) is 2. The molecule has 0 spiro atoms. The van der Waals surface area contributed by atoms with Crippen molar-refractivity contribution in [1.82, 2.24) is 20.8 Å². The summed E-state index contributed by atoms with van der Waals surface area (Å²) >= 11 is 12.8. The van der Waals surface area contributed by atoms with Crippen LogP contribution in [-0.2, 0) is 0 Å². The Bertz CT molecular complexity index is 976. The molecular weight excluding hydrogens is 395 g/mol. The lowest BCUT2D eigenvalue weighted by molar-refractivity contribution is 0.0848. The van der Waals surface area contributed by atoms with E-state index in [0.29, 0.717) is 10.6 Å². The van der Waals surface area contributed by atoms with Crippen LogP contribution in [0.4, 0.5) is 0 Å². The van der Waals surface area contributed by atoms with Crippen molar-refractivity contribution in [3.05, 3.63) is 68.9 Å². The Balaban J connectivity index is 1.69. The Morgan fingerprint density at radius 3 is 2.46 bits per heavy atom. The fraction of sp³-hybridized carbons (Fsp3) is 0.0588. The fourth-order valence-corrected chi connectivity index (χ4v) is 3.34. The zero-order chi connectivity index (χ0) is 18.7. The summed E-state index contributed by atoms with van der Waals surface area (Å²) in [6.07, 6.45) is 1.27. The van der Waals surface area contributed by atoms with Gasteiger partial charge in [0.1, 0.15) is 15.0 Å². The van der Waals surface area contributed by atoms with Gasteiger partial charge in [-0.1, -0.05) is 53.5 Å². The van der Waals surface area contributed by atoms with E-state index in [2.05, 4.69) is 20.8 Å². The lowest BCUT2D eigenvalue weighted by Crippen LogP contribution is -2.41. The molecular formula is C17H12Cl2N4O2S. The summed E-state index contributed by atoms with van der Waals surface area (Å²) in [5.74, 6) is -1.02. The highest BCUT2D eigenvalue weighted by Gasteiger charge is 2.17. The maximum Gasteiger partial charge on any atom is 0.281 e. The van der Waals surface area contributed by atoms with Crippen molar-refractivity contribution in [2.75, 3.05) is 0 Å². The second-order valence-corrected chi connectivity index (χ2v) is 6.97. The van der Waals surface area contributed by atoms with Gasteiger partial charge in [-0.3, -0.25) is 20.4 Å². The number of aryl methyl sites for hydroxylation is 1. The number of hydrazine groups is 1. The lowest BCUT2D eigenvalue weighted by Gasteiger charge is -2.07. The van der Waals surface area contributed by atoms with E-state index in [1.54, 1.807) is 6.92 Å². The third-order valence-electron chi connectivity index (χ3n) is 3.37. The molecule has 0 atom stereocenters. The molecule has 3 aromatic rings. The summed E-state index contributed by atoms with van der Waals surface area (Å²) in [6, 6.07) is 10.9. The van der Waals surface area contributed by atoms with Crippen molar-refractivity contribution >= 4 is 46.4 Å². The van der Waals surface area contributed by atoms with Gasteiger partial charge in [0.2, 0.25) is 0 Å². The molecule has 2 N–H and O–H groups in total. The summed E-state index contributed by atoms with van der Waals surface area (Å²) < 4.78 is 0. The van der Waals surface area contributed by atoms with Gasteiger partial charge in [-0.15, -0.1) is 11.3 Å². The highest BCUT2D eigenvalue weighted by Crippen LogP contribution is 2.27. The predicted octanol–water partition coefficient (Wildman–Crippen LogP) is 3.90. The smallest absolute Gasteiger partial charge is 0.267 e. The number of nitrogens with zero attached hydrogens (tertiary/aromatic N) is 2. The van der Waals surface area contributed by atoms with Gasteiger partial charge in [0.25, 0.3) is 11.8 Å². The number of hydrogen-bond acceptors (Lipinski definition) is 5. The van der Waals surface area contributed by atoms with Gasteiger partial charge >= 0.3 is 0 Å². The van der Waals surface area contributed by atoms with Crippen LogP contribution in [0.15, 0.2) is 42.6 Å². The van der Waals surface area contributed by atoms with Crippen LogP contribution < -0.4 is 10.9 Å². The van der Waals surface area contributed by atoms with Gasteiger partial charge in [-0.25, -0.2) is 9.97 Å². The van der Waals surface area contributed by atoms with Crippen molar-refractivity contribution in [1.29, 1.82) is 0 Å². The number of carbonyl (C=O) groups is 2. The summed E-state index contributed by atoms with van der Waals surface area (Å²) in [5, 5.41) is 0.977. The molecule has 0 aliphatic heterocycles. The first-order chi connectivity index (χ1) is 12.5. The van der Waals surface area contributed by atoms with E-state index in [-0.39, 0.29) is 15.7 Å². The first kappa shape index (κ1) is 18.3. The zero-order valence-corrected chi connectivity index (χ0v) is 15.7. The number of amides is 2. The number of rotatable bonds is 3. The molecule has 9 heteroatoms. The van der Waals surface area contributed by atoms with Crippen LogP contribution in [0.25, 0.3) is 10.6 Å². The fourth-order valence-electron chi connectivity index (χ4n) is 2.10. The molecule has 3 rings (SSSR count). The van der Waals surface area contributed by atoms with E-state index >= 15 is 0 Å². The number of aromatic nitrogens is 2. The molecule has 26 heavy (non-hydrogen) atoms. The summed E-state index contributed by atoms with van der Waals surface area (Å²) in [7, 11) is 0. The normalized spacial score (nSPS) is 10.4. The topological polar surface area (TPSA) is 84.0 Å². The molecule has 0 saturated carbocycles. The molecule has 2 heterocycles. The standard InChI is InChI=1S/C17H12Cl2N4O2S/c1-9-13(26-17(21-9)10-5-3-2-4-6-10)16(25)23-22-15(24)11-7-12(18)14(19)20-8-11/h2-8H,1H3,(H,22,24)(H,23,25). The number of nitrogens with one attached hydrogen (secondary N) is 2. The molecule has 132 valence electrons. The first-order valence-corrected chi connectivity index (χ1v) is 8.97. The van der Waals surface area contributed by atoms with Gasteiger partial charge in [0, 0.05) is 11.8 Å². The van der Waals surface area contributed by atoms with Crippen LogP contribution in [0.3, 0.4) is 0 Å². The monoisotopic (exact) mass is 406 g/mol. The molecule has 1 aromatic carbocycles. The molecule has 0 aliphatic rings. The van der Waals surface area contributed by atoms with E-state index in [4.69, 9.17) is 23.2 Å². The minimum absolute atomic E-state index is 0.0981. The predicted molar refractivity (Wildman–Crippen MR) is 101 cm³/mol. The van der Waals surface area contributed by atoms with Crippen molar-refractivity contribution < 1.29 is 9.59 Å². The number of benzene rings is 1. The van der Waals surface area contributed by atoms with E-state index in [9.17, 15) is 9.59 Å². The maximum absolute atomic E-state index is 12.3. The number of halogens is 2. The van der Waals surface area contributed by atoms with Crippen LogP contribution in [0, 0.1) is 6.92 Å². The van der Waals surface area contributed by atoms with Crippen molar-refractivity contribution in [2.45, 2.75) is 6.92 Å². The molecule has 2 aromatic heterocycles. The molecule has 0 aliphatic carbocycles. The third kappa shape index (κ3) is 4.01. The van der Waals surface area contributed by atoms with Gasteiger partial charge < -0.3 is 0 Å². The molecule has 0 unspecified atom stereocenters. The quantitative estimate of drug-likeness (QED) is 0.510. The number of carbonyl (C=O) groups excluding carboxylic acids is 2. The zero-order valence-electron chi connectivity index (χ0n) is 13.4. The Hall–Kier alpha value is -2.48. The van der Waals surface area contributed by atoms with Gasteiger partial charge in [0.05, 0.1) is 16.3 Å². The van der Waals surface area contributed by atoms with Crippen molar-refractivity contribution in [2.24, 2.45) is 0 Å². The van der Waals surface area contributed by atoms with E-state index in [1.165, 1.54) is 23.6 Å². The lowest BCUT2D eigenvalue weighted by atomic mass is 10.2. The van der Waals surface area contributed by atoms with Gasteiger partial charge in [0.15, 0.2) is 0 Å². The van der Waals surface area contributed by atoms with Crippen molar-refractivity contribution in [3.8, 4) is 10.6 Å². The van der Waals surface area contributed by atoms with Crippen LogP contribution in [0.5, 0.6) is 0 Å². The summed E-state index contributed by atoms with van der Waals surface area (Å²) in [5.41, 5.74) is 6.36. The number of pyridine rings is 1. The largest absolute Gasteiger partial charge is 0.281 e. The van der Waals surface area contributed by atoms with Gasteiger partial charge in [-0.2, -0.15) is 0 Å². The van der Waals surface area contributed by atoms with Crippen LogP contribution in [0.2, 0.25) is 10.2 Å². The first-order valence-electron chi connectivity index (χ1n) is 7.40. The van der Waals surface area contributed by atoms with E-state index < -0.39 is 11.8 Å². The van der Waals surface area contributed by atoms with Crippen molar-refractivity contribution in [3.63, 3.8) is 0 Å². The Kier molecular flexibility index (Phi) is 5.51. The van der Waals surface area contributed by atoms with Crippen LogP contribution in [0.1, 0.15) is 25.7 Å². The second-order valence-electron chi connectivity index (χ2n) is 5.20. The molecule has 0 bridgehead atoms. The average Bonchev–Trinajstić information content (AvgIpc) is 3.04. The Labute approximate surface area is 163 Å². The van der Waals surface area contributed by atoms with E-state index in [0.717, 1.165) is 10.6 Å². The van der Waals surface area contributed by atoms with E-state index in [1.807, 2.05) is 30.3 Å². The van der Waals surface area contributed by atoms with Crippen LogP contribution >= 0.6 is 34.5 Å². The second kappa shape index (κ2) is 7.82. The molecule has 0 saturated heterocycles. The molecule has 0 fully saturated rings.